The molecule has 0 aliphatic rings. The number of para-hydroxylation sites is 1. The molecular formula is C14H16N2. The molecule has 0 unspecified atom stereocenters. The third-order valence-electron chi connectivity index (χ3n) is 2.64. The van der Waals surface area contributed by atoms with Crippen LogP contribution in [0.4, 0.5) is 0 Å². The van der Waals surface area contributed by atoms with E-state index in [2.05, 4.69) is 52.6 Å². The molecule has 0 atom stereocenters. The van der Waals surface area contributed by atoms with Gasteiger partial charge in [0.25, 0.3) is 0 Å². The second-order valence-corrected chi connectivity index (χ2v) is 3.71. The van der Waals surface area contributed by atoms with Crippen molar-refractivity contribution in [3.63, 3.8) is 0 Å². The summed E-state index contributed by atoms with van der Waals surface area (Å²) in [5, 5.41) is 4.63. The van der Waals surface area contributed by atoms with Crippen LogP contribution in [0.1, 0.15) is 12.5 Å². The SMILES string of the molecule is CC#CCNCCc1c[nH]c2ccccc12. The summed E-state index contributed by atoms with van der Waals surface area (Å²) < 4.78 is 0. The molecule has 1 aromatic carbocycles. The van der Waals surface area contributed by atoms with Gasteiger partial charge in [-0.25, -0.2) is 0 Å². The maximum atomic E-state index is 3.30. The van der Waals surface area contributed by atoms with Crippen LogP contribution >= 0.6 is 0 Å². The van der Waals surface area contributed by atoms with Crippen molar-refractivity contribution in [2.45, 2.75) is 13.3 Å². The first kappa shape index (κ1) is 10.8. The molecule has 1 heterocycles. The van der Waals surface area contributed by atoms with Crippen LogP contribution in [-0.2, 0) is 6.42 Å². The first-order valence-corrected chi connectivity index (χ1v) is 5.57. The van der Waals surface area contributed by atoms with Gasteiger partial charge in [0.05, 0.1) is 6.54 Å². The molecule has 2 heteroatoms. The molecule has 0 aliphatic heterocycles. The van der Waals surface area contributed by atoms with Gasteiger partial charge in [-0.2, -0.15) is 0 Å². The Hall–Kier alpha value is -1.72. The third-order valence-corrected chi connectivity index (χ3v) is 2.64. The van der Waals surface area contributed by atoms with E-state index in [9.17, 15) is 0 Å². The van der Waals surface area contributed by atoms with E-state index < -0.39 is 0 Å². The molecular weight excluding hydrogens is 196 g/mol. The number of rotatable bonds is 4. The van der Waals surface area contributed by atoms with E-state index in [0.717, 1.165) is 19.5 Å². The average Bonchev–Trinajstić information content (AvgIpc) is 2.73. The van der Waals surface area contributed by atoms with E-state index in [1.165, 1.54) is 16.5 Å². The van der Waals surface area contributed by atoms with Gasteiger partial charge in [-0.3, -0.25) is 0 Å². The van der Waals surface area contributed by atoms with Crippen LogP contribution in [0.25, 0.3) is 10.9 Å². The normalized spacial score (nSPS) is 10.1. The quantitative estimate of drug-likeness (QED) is 0.591. The molecule has 0 bridgehead atoms. The lowest BCUT2D eigenvalue weighted by Gasteiger charge is -1.99. The molecule has 0 fully saturated rings. The van der Waals surface area contributed by atoms with E-state index >= 15 is 0 Å². The summed E-state index contributed by atoms with van der Waals surface area (Å²) in [6, 6.07) is 8.40. The van der Waals surface area contributed by atoms with Gasteiger partial charge in [0.2, 0.25) is 0 Å². The molecule has 16 heavy (non-hydrogen) atoms. The van der Waals surface area contributed by atoms with Crippen molar-refractivity contribution < 1.29 is 0 Å². The van der Waals surface area contributed by atoms with E-state index in [4.69, 9.17) is 0 Å². The van der Waals surface area contributed by atoms with Crippen LogP contribution in [0, 0.1) is 11.8 Å². The standard InChI is InChI=1S/C14H16N2/c1-2-3-9-15-10-8-12-11-16-14-7-5-4-6-13(12)14/h4-7,11,15-16H,8-10H2,1H3. The first-order valence-electron chi connectivity index (χ1n) is 5.57. The molecule has 82 valence electrons. The topological polar surface area (TPSA) is 27.8 Å². The smallest absolute Gasteiger partial charge is 0.0576 e. The maximum absolute atomic E-state index is 3.30. The summed E-state index contributed by atoms with van der Waals surface area (Å²) in [5.74, 6) is 5.87. The average molecular weight is 212 g/mol. The zero-order valence-electron chi connectivity index (χ0n) is 9.51. The molecule has 2 nitrogen and oxygen atoms in total. The summed E-state index contributed by atoms with van der Waals surface area (Å²) in [6.45, 7) is 3.61. The molecule has 2 N–H and O–H groups in total. The van der Waals surface area contributed by atoms with Crippen molar-refractivity contribution in [2.75, 3.05) is 13.1 Å². The van der Waals surface area contributed by atoms with E-state index in [-0.39, 0.29) is 0 Å². The fourth-order valence-corrected chi connectivity index (χ4v) is 1.80. The van der Waals surface area contributed by atoms with E-state index in [1.807, 2.05) is 6.92 Å². The summed E-state index contributed by atoms with van der Waals surface area (Å²) in [5.41, 5.74) is 2.58. The minimum atomic E-state index is 0.777. The lowest BCUT2D eigenvalue weighted by molar-refractivity contribution is 0.755. The Balaban J connectivity index is 1.96. The van der Waals surface area contributed by atoms with Crippen LogP contribution in [0.3, 0.4) is 0 Å². The Morgan fingerprint density at radius 2 is 2.19 bits per heavy atom. The zero-order chi connectivity index (χ0) is 11.2. The molecule has 2 aromatic rings. The first-order chi connectivity index (χ1) is 7.92. The second-order valence-electron chi connectivity index (χ2n) is 3.71. The Morgan fingerprint density at radius 3 is 3.06 bits per heavy atom. The molecule has 0 radical (unpaired) electrons. The van der Waals surface area contributed by atoms with Crippen molar-refractivity contribution in [1.29, 1.82) is 0 Å². The van der Waals surface area contributed by atoms with Gasteiger partial charge in [0.15, 0.2) is 0 Å². The lowest BCUT2D eigenvalue weighted by atomic mass is 10.1. The minimum Gasteiger partial charge on any atom is -0.361 e. The van der Waals surface area contributed by atoms with Crippen LogP contribution in [-0.4, -0.2) is 18.1 Å². The highest BCUT2D eigenvalue weighted by molar-refractivity contribution is 5.83. The number of hydrogen-bond acceptors (Lipinski definition) is 1. The molecule has 0 saturated carbocycles. The largest absolute Gasteiger partial charge is 0.361 e. The van der Waals surface area contributed by atoms with Crippen LogP contribution in [0.15, 0.2) is 30.5 Å². The van der Waals surface area contributed by atoms with E-state index in [0.29, 0.717) is 0 Å². The van der Waals surface area contributed by atoms with Crippen molar-refractivity contribution >= 4 is 10.9 Å². The van der Waals surface area contributed by atoms with Crippen molar-refractivity contribution in [1.82, 2.24) is 10.3 Å². The fourth-order valence-electron chi connectivity index (χ4n) is 1.80. The van der Waals surface area contributed by atoms with Gasteiger partial charge in [0.1, 0.15) is 0 Å². The predicted molar refractivity (Wildman–Crippen MR) is 68.3 cm³/mol. The molecule has 0 amide bonds. The highest BCUT2D eigenvalue weighted by Crippen LogP contribution is 2.17. The third kappa shape index (κ3) is 2.44. The Morgan fingerprint density at radius 1 is 1.31 bits per heavy atom. The fraction of sp³-hybridized carbons (Fsp3) is 0.286. The Labute approximate surface area is 96.1 Å². The lowest BCUT2D eigenvalue weighted by Crippen LogP contribution is -2.17. The molecule has 0 saturated heterocycles. The minimum absolute atomic E-state index is 0.777. The number of nitrogens with one attached hydrogen (secondary N) is 2. The molecule has 2 rings (SSSR count). The maximum Gasteiger partial charge on any atom is 0.0576 e. The number of aromatic nitrogens is 1. The molecule has 0 spiro atoms. The second kappa shape index (κ2) is 5.39. The van der Waals surface area contributed by atoms with Crippen molar-refractivity contribution in [2.24, 2.45) is 0 Å². The Kier molecular flexibility index (Phi) is 3.63. The van der Waals surface area contributed by atoms with Crippen molar-refractivity contribution in [3.8, 4) is 11.8 Å². The van der Waals surface area contributed by atoms with Crippen LogP contribution < -0.4 is 5.32 Å². The zero-order valence-corrected chi connectivity index (χ0v) is 9.51. The van der Waals surface area contributed by atoms with Gasteiger partial charge in [-0.05, 0) is 25.0 Å². The summed E-state index contributed by atoms with van der Waals surface area (Å²) in [4.78, 5) is 3.28. The number of aromatic amines is 1. The summed E-state index contributed by atoms with van der Waals surface area (Å²) in [7, 11) is 0. The molecule has 0 aliphatic carbocycles. The van der Waals surface area contributed by atoms with Gasteiger partial charge in [-0.1, -0.05) is 24.1 Å². The van der Waals surface area contributed by atoms with Crippen molar-refractivity contribution in [3.05, 3.63) is 36.0 Å². The number of benzene rings is 1. The number of fused-ring (bicyclic) bond motifs is 1. The van der Waals surface area contributed by atoms with Gasteiger partial charge in [-0.15, -0.1) is 5.92 Å². The van der Waals surface area contributed by atoms with Crippen LogP contribution in [0.5, 0.6) is 0 Å². The van der Waals surface area contributed by atoms with Gasteiger partial charge in [0, 0.05) is 23.6 Å². The van der Waals surface area contributed by atoms with Gasteiger partial charge < -0.3 is 10.3 Å². The number of H-pyrrole nitrogens is 1. The van der Waals surface area contributed by atoms with Gasteiger partial charge >= 0.3 is 0 Å². The summed E-state index contributed by atoms with van der Waals surface area (Å²) in [6.07, 6.45) is 3.13. The van der Waals surface area contributed by atoms with E-state index in [1.54, 1.807) is 0 Å². The highest BCUT2D eigenvalue weighted by Gasteiger charge is 2.01. The molecule has 1 aromatic heterocycles. The number of hydrogen-bond donors (Lipinski definition) is 2. The highest BCUT2D eigenvalue weighted by atomic mass is 14.8. The Bertz CT molecular complexity index is 514. The van der Waals surface area contributed by atoms with Crippen LogP contribution in [0.2, 0.25) is 0 Å². The predicted octanol–water partition coefficient (Wildman–Crippen LogP) is 2.32. The summed E-state index contributed by atoms with van der Waals surface area (Å²) >= 11 is 0. The monoisotopic (exact) mass is 212 g/mol.